The molecular formula is C17H14Cl2N4O. The molecule has 5 nitrogen and oxygen atoms in total. The van der Waals surface area contributed by atoms with Gasteiger partial charge in [0.25, 0.3) is 5.91 Å². The van der Waals surface area contributed by atoms with E-state index >= 15 is 0 Å². The third-order valence-corrected chi connectivity index (χ3v) is 3.79. The third-order valence-electron chi connectivity index (χ3n) is 3.36. The van der Waals surface area contributed by atoms with Crippen LogP contribution in [-0.2, 0) is 0 Å². The zero-order valence-electron chi connectivity index (χ0n) is 13.0. The number of carbonyl (C=O) groups is 1. The number of nitrogens with zero attached hydrogens (tertiary/aromatic N) is 3. The molecule has 0 bridgehead atoms. The van der Waals surface area contributed by atoms with Gasteiger partial charge >= 0.3 is 0 Å². The van der Waals surface area contributed by atoms with Crippen molar-refractivity contribution in [2.45, 2.75) is 13.8 Å². The van der Waals surface area contributed by atoms with E-state index in [0.29, 0.717) is 27.1 Å². The second kappa shape index (κ2) is 6.63. The molecule has 0 atom stereocenters. The van der Waals surface area contributed by atoms with Gasteiger partial charge in [0.15, 0.2) is 5.82 Å². The summed E-state index contributed by atoms with van der Waals surface area (Å²) in [5, 5.41) is 7.95. The van der Waals surface area contributed by atoms with E-state index in [2.05, 4.69) is 15.4 Å². The van der Waals surface area contributed by atoms with Gasteiger partial charge in [0.1, 0.15) is 0 Å². The molecule has 0 aliphatic carbocycles. The molecule has 2 aromatic heterocycles. The average Bonchev–Trinajstić information content (AvgIpc) is 2.85. The van der Waals surface area contributed by atoms with Crippen LogP contribution < -0.4 is 5.32 Å². The van der Waals surface area contributed by atoms with Crippen LogP contribution in [0.25, 0.3) is 5.82 Å². The van der Waals surface area contributed by atoms with E-state index in [9.17, 15) is 4.79 Å². The Morgan fingerprint density at radius 1 is 1.08 bits per heavy atom. The minimum Gasteiger partial charge on any atom is -0.321 e. The maximum Gasteiger partial charge on any atom is 0.255 e. The first-order valence-electron chi connectivity index (χ1n) is 7.19. The van der Waals surface area contributed by atoms with Crippen molar-refractivity contribution in [2.24, 2.45) is 0 Å². The number of aryl methyl sites for hydroxylation is 2. The lowest BCUT2D eigenvalue weighted by Crippen LogP contribution is -2.12. The molecule has 1 amide bonds. The Bertz CT molecular complexity index is 883. The molecule has 0 spiro atoms. The van der Waals surface area contributed by atoms with E-state index in [0.717, 1.165) is 11.4 Å². The summed E-state index contributed by atoms with van der Waals surface area (Å²) < 4.78 is 1.75. The highest BCUT2D eigenvalue weighted by Gasteiger charge is 2.10. The van der Waals surface area contributed by atoms with E-state index in [-0.39, 0.29) is 5.91 Å². The monoisotopic (exact) mass is 360 g/mol. The summed E-state index contributed by atoms with van der Waals surface area (Å²) in [6.45, 7) is 3.88. The Hall–Kier alpha value is -2.37. The zero-order valence-corrected chi connectivity index (χ0v) is 14.6. The zero-order chi connectivity index (χ0) is 17.3. The quantitative estimate of drug-likeness (QED) is 0.750. The Morgan fingerprint density at radius 2 is 1.79 bits per heavy atom. The molecule has 0 saturated heterocycles. The van der Waals surface area contributed by atoms with E-state index in [1.165, 1.54) is 0 Å². The van der Waals surface area contributed by atoms with Gasteiger partial charge in [-0.15, -0.1) is 0 Å². The molecule has 0 unspecified atom stereocenters. The predicted octanol–water partition coefficient (Wildman–Crippen LogP) is 4.44. The predicted molar refractivity (Wildman–Crippen MR) is 95.2 cm³/mol. The number of amides is 1. The summed E-state index contributed by atoms with van der Waals surface area (Å²) in [5.41, 5.74) is 2.87. The molecule has 0 fully saturated rings. The molecule has 3 aromatic rings. The fraction of sp³-hybridized carbons (Fsp3) is 0.118. The molecule has 122 valence electrons. The molecule has 24 heavy (non-hydrogen) atoms. The number of pyridine rings is 1. The summed E-state index contributed by atoms with van der Waals surface area (Å²) in [6.07, 6.45) is 1.58. The van der Waals surface area contributed by atoms with Gasteiger partial charge in [-0.2, -0.15) is 5.10 Å². The standard InChI is InChI=1S/C17H14Cl2N4O/c1-10-5-11(2)23(22-10)16-4-3-15(9-20-16)21-17(24)12-6-13(18)8-14(19)7-12/h3-9H,1-2H3,(H,21,24). The number of aromatic nitrogens is 3. The first-order chi connectivity index (χ1) is 11.4. The second-order valence-electron chi connectivity index (χ2n) is 5.36. The van der Waals surface area contributed by atoms with Crippen molar-refractivity contribution in [3.05, 3.63) is 69.6 Å². The van der Waals surface area contributed by atoms with E-state index < -0.39 is 0 Å². The highest BCUT2D eigenvalue weighted by atomic mass is 35.5. The van der Waals surface area contributed by atoms with Crippen LogP contribution in [-0.4, -0.2) is 20.7 Å². The molecular weight excluding hydrogens is 347 g/mol. The minimum atomic E-state index is -0.305. The second-order valence-corrected chi connectivity index (χ2v) is 6.23. The Morgan fingerprint density at radius 3 is 2.33 bits per heavy atom. The lowest BCUT2D eigenvalue weighted by Gasteiger charge is -2.08. The Balaban J connectivity index is 1.79. The lowest BCUT2D eigenvalue weighted by atomic mass is 10.2. The maximum atomic E-state index is 12.3. The van der Waals surface area contributed by atoms with Crippen molar-refractivity contribution >= 4 is 34.8 Å². The van der Waals surface area contributed by atoms with Crippen molar-refractivity contribution in [1.29, 1.82) is 0 Å². The third kappa shape index (κ3) is 3.58. The molecule has 1 aromatic carbocycles. The summed E-state index contributed by atoms with van der Waals surface area (Å²) >= 11 is 11.8. The van der Waals surface area contributed by atoms with Crippen LogP contribution in [0.1, 0.15) is 21.7 Å². The van der Waals surface area contributed by atoms with E-state index in [4.69, 9.17) is 23.2 Å². The van der Waals surface area contributed by atoms with Crippen molar-refractivity contribution in [2.75, 3.05) is 5.32 Å². The van der Waals surface area contributed by atoms with Gasteiger partial charge < -0.3 is 5.32 Å². The first-order valence-corrected chi connectivity index (χ1v) is 7.95. The molecule has 0 radical (unpaired) electrons. The molecule has 0 saturated carbocycles. The van der Waals surface area contributed by atoms with Crippen molar-refractivity contribution in [1.82, 2.24) is 14.8 Å². The van der Waals surface area contributed by atoms with Crippen molar-refractivity contribution in [3.63, 3.8) is 0 Å². The minimum absolute atomic E-state index is 0.305. The fourth-order valence-electron chi connectivity index (χ4n) is 2.33. The number of benzene rings is 1. The van der Waals surface area contributed by atoms with Crippen LogP contribution >= 0.6 is 23.2 Å². The number of anilines is 1. The maximum absolute atomic E-state index is 12.3. The van der Waals surface area contributed by atoms with Gasteiger partial charge in [-0.1, -0.05) is 23.2 Å². The first kappa shape index (κ1) is 16.5. The molecule has 1 N–H and O–H groups in total. The van der Waals surface area contributed by atoms with Crippen LogP contribution in [0.4, 0.5) is 5.69 Å². The van der Waals surface area contributed by atoms with Crippen LogP contribution in [0.15, 0.2) is 42.6 Å². The van der Waals surface area contributed by atoms with Crippen LogP contribution in [0, 0.1) is 13.8 Å². The SMILES string of the molecule is Cc1cc(C)n(-c2ccc(NC(=O)c3cc(Cl)cc(Cl)c3)cn2)n1. The Kier molecular flexibility index (Phi) is 4.55. The van der Waals surface area contributed by atoms with Gasteiger partial charge in [0, 0.05) is 21.3 Å². The summed E-state index contributed by atoms with van der Waals surface area (Å²) in [5.74, 6) is 0.379. The largest absolute Gasteiger partial charge is 0.321 e. The van der Waals surface area contributed by atoms with Gasteiger partial charge in [0.05, 0.1) is 17.6 Å². The molecule has 0 aliphatic heterocycles. The number of hydrogen-bond acceptors (Lipinski definition) is 3. The van der Waals surface area contributed by atoms with E-state index in [1.54, 1.807) is 41.2 Å². The van der Waals surface area contributed by atoms with Crippen LogP contribution in [0.2, 0.25) is 10.0 Å². The van der Waals surface area contributed by atoms with Gasteiger partial charge in [-0.25, -0.2) is 9.67 Å². The molecule has 2 heterocycles. The van der Waals surface area contributed by atoms with Crippen molar-refractivity contribution < 1.29 is 4.79 Å². The number of nitrogens with one attached hydrogen (secondary N) is 1. The summed E-state index contributed by atoms with van der Waals surface area (Å²) in [6, 6.07) is 10.2. The average molecular weight is 361 g/mol. The van der Waals surface area contributed by atoms with Crippen LogP contribution in [0.5, 0.6) is 0 Å². The topological polar surface area (TPSA) is 59.8 Å². The van der Waals surface area contributed by atoms with Gasteiger partial charge in [-0.05, 0) is 50.2 Å². The smallest absolute Gasteiger partial charge is 0.255 e. The molecule has 7 heteroatoms. The van der Waals surface area contributed by atoms with Gasteiger partial charge in [0.2, 0.25) is 0 Å². The fourth-order valence-corrected chi connectivity index (χ4v) is 2.86. The Labute approximate surface area is 149 Å². The van der Waals surface area contributed by atoms with E-state index in [1.807, 2.05) is 19.9 Å². The summed E-state index contributed by atoms with van der Waals surface area (Å²) in [4.78, 5) is 16.6. The normalized spacial score (nSPS) is 10.7. The number of carbonyl (C=O) groups excluding carboxylic acids is 1. The number of rotatable bonds is 3. The van der Waals surface area contributed by atoms with Crippen molar-refractivity contribution in [3.8, 4) is 5.82 Å². The summed E-state index contributed by atoms with van der Waals surface area (Å²) in [7, 11) is 0. The highest BCUT2D eigenvalue weighted by molar-refractivity contribution is 6.35. The van der Waals surface area contributed by atoms with Gasteiger partial charge in [-0.3, -0.25) is 4.79 Å². The lowest BCUT2D eigenvalue weighted by molar-refractivity contribution is 0.102. The number of hydrogen-bond donors (Lipinski definition) is 1. The molecule has 0 aliphatic rings. The molecule has 3 rings (SSSR count). The number of halogens is 2. The highest BCUT2D eigenvalue weighted by Crippen LogP contribution is 2.20. The van der Waals surface area contributed by atoms with Crippen LogP contribution in [0.3, 0.4) is 0 Å².